The average molecular weight is 353 g/mol. The normalized spacial score (nSPS) is 11.0. The Balaban J connectivity index is 1.58. The lowest BCUT2D eigenvalue weighted by Gasteiger charge is -2.05. The summed E-state index contributed by atoms with van der Waals surface area (Å²) in [5, 5.41) is 7.34. The lowest BCUT2D eigenvalue weighted by molar-refractivity contribution is 0.101. The van der Waals surface area contributed by atoms with Gasteiger partial charge in [-0.15, -0.1) is 0 Å². The van der Waals surface area contributed by atoms with Crippen LogP contribution in [0.2, 0.25) is 5.02 Å². The van der Waals surface area contributed by atoms with E-state index in [-0.39, 0.29) is 5.91 Å². The number of nitrogens with zero attached hydrogens (tertiary/aromatic N) is 3. The van der Waals surface area contributed by atoms with Gasteiger partial charge in [-0.2, -0.15) is 5.10 Å². The lowest BCUT2D eigenvalue weighted by atomic mass is 10.2. The largest absolute Gasteiger partial charge is 0.435 e. The van der Waals surface area contributed by atoms with Crippen LogP contribution in [0, 0.1) is 0 Å². The van der Waals surface area contributed by atoms with Crippen molar-refractivity contribution in [3.8, 4) is 11.5 Å². The second-order valence-electron chi connectivity index (χ2n) is 5.48. The number of rotatable bonds is 3. The Labute approximate surface area is 148 Å². The molecule has 25 heavy (non-hydrogen) atoms. The number of nitrogens with one attached hydrogen (secondary N) is 1. The summed E-state index contributed by atoms with van der Waals surface area (Å²) < 4.78 is 7.26. The van der Waals surface area contributed by atoms with E-state index in [0.717, 1.165) is 5.56 Å². The summed E-state index contributed by atoms with van der Waals surface area (Å²) in [5.74, 6) is 0.258. The van der Waals surface area contributed by atoms with E-state index < -0.39 is 0 Å². The number of aryl methyl sites for hydroxylation is 1. The van der Waals surface area contributed by atoms with Gasteiger partial charge in [0.1, 0.15) is 11.2 Å². The van der Waals surface area contributed by atoms with Crippen molar-refractivity contribution in [1.82, 2.24) is 14.8 Å². The molecule has 0 saturated heterocycles. The number of oxazole rings is 1. The van der Waals surface area contributed by atoms with Crippen LogP contribution in [0.15, 0.2) is 59.1 Å². The molecule has 0 aliphatic heterocycles. The fraction of sp³-hybridized carbons (Fsp3) is 0.0556. The van der Waals surface area contributed by atoms with Gasteiger partial charge in [0.2, 0.25) is 5.89 Å². The number of anilines is 1. The zero-order chi connectivity index (χ0) is 17.4. The van der Waals surface area contributed by atoms with Crippen LogP contribution >= 0.6 is 11.6 Å². The third-order valence-electron chi connectivity index (χ3n) is 3.81. The maximum absolute atomic E-state index is 12.2. The van der Waals surface area contributed by atoms with E-state index >= 15 is 0 Å². The highest BCUT2D eigenvalue weighted by molar-refractivity contribution is 6.34. The zero-order valence-corrected chi connectivity index (χ0v) is 14.0. The van der Waals surface area contributed by atoms with E-state index in [9.17, 15) is 4.79 Å². The summed E-state index contributed by atoms with van der Waals surface area (Å²) in [4.78, 5) is 16.6. The fourth-order valence-electron chi connectivity index (χ4n) is 2.53. The number of fused-ring (bicyclic) bond motifs is 1. The number of hydrogen-bond acceptors (Lipinski definition) is 4. The molecule has 0 saturated carbocycles. The minimum absolute atomic E-state index is 0.221. The van der Waals surface area contributed by atoms with Gasteiger partial charge in [-0.05, 0) is 42.5 Å². The molecule has 2 aromatic heterocycles. The van der Waals surface area contributed by atoms with E-state index in [4.69, 9.17) is 16.0 Å². The van der Waals surface area contributed by atoms with Gasteiger partial charge in [0.15, 0.2) is 5.58 Å². The first-order valence-corrected chi connectivity index (χ1v) is 7.94. The Morgan fingerprint density at radius 3 is 2.64 bits per heavy atom. The van der Waals surface area contributed by atoms with Gasteiger partial charge in [-0.1, -0.05) is 17.7 Å². The van der Waals surface area contributed by atoms with E-state index in [2.05, 4.69) is 15.4 Å². The van der Waals surface area contributed by atoms with Crippen LogP contribution in [0.5, 0.6) is 0 Å². The van der Waals surface area contributed by atoms with Crippen LogP contribution in [0.3, 0.4) is 0 Å². The predicted octanol–water partition coefficient (Wildman–Crippen LogP) is 4.13. The minimum atomic E-state index is -0.221. The third kappa shape index (κ3) is 2.88. The van der Waals surface area contributed by atoms with E-state index in [1.807, 2.05) is 24.3 Å². The molecule has 0 radical (unpaired) electrons. The predicted molar refractivity (Wildman–Crippen MR) is 95.6 cm³/mol. The molecule has 4 rings (SSSR count). The van der Waals surface area contributed by atoms with Crippen molar-refractivity contribution < 1.29 is 9.21 Å². The summed E-state index contributed by atoms with van der Waals surface area (Å²) in [6.07, 6.45) is 1.58. The Bertz CT molecular complexity index is 1070. The number of para-hydroxylation sites is 1. The molecule has 0 unspecified atom stereocenters. The Morgan fingerprint density at radius 1 is 1.16 bits per heavy atom. The highest BCUT2D eigenvalue weighted by atomic mass is 35.5. The number of amides is 1. The zero-order valence-electron chi connectivity index (χ0n) is 13.2. The maximum Gasteiger partial charge on any atom is 0.273 e. The van der Waals surface area contributed by atoms with Crippen molar-refractivity contribution in [1.29, 1.82) is 0 Å². The van der Waals surface area contributed by atoms with Crippen molar-refractivity contribution >= 4 is 34.3 Å². The standard InChI is InChI=1S/C18H13ClN4O2/c1-23-15(9-10-20-23)17(24)21-12-7-5-11(6-8-12)18-22-14-4-2-3-13(19)16(14)25-18/h2-10H,1H3,(H,21,24). The van der Waals surface area contributed by atoms with Crippen molar-refractivity contribution in [2.24, 2.45) is 7.05 Å². The summed E-state index contributed by atoms with van der Waals surface area (Å²) in [5.41, 5.74) is 3.22. The van der Waals surface area contributed by atoms with Gasteiger partial charge in [0.05, 0.1) is 5.02 Å². The van der Waals surface area contributed by atoms with Gasteiger partial charge < -0.3 is 9.73 Å². The molecule has 0 fully saturated rings. The monoisotopic (exact) mass is 352 g/mol. The maximum atomic E-state index is 12.2. The SMILES string of the molecule is Cn1nccc1C(=O)Nc1ccc(-c2nc3cccc(Cl)c3o2)cc1. The Kier molecular flexibility index (Phi) is 3.74. The summed E-state index contributed by atoms with van der Waals surface area (Å²) >= 11 is 6.11. The van der Waals surface area contributed by atoms with Gasteiger partial charge >= 0.3 is 0 Å². The average Bonchev–Trinajstić information content (AvgIpc) is 3.22. The highest BCUT2D eigenvalue weighted by Crippen LogP contribution is 2.29. The van der Waals surface area contributed by atoms with Crippen LogP contribution in [-0.4, -0.2) is 20.7 Å². The highest BCUT2D eigenvalue weighted by Gasteiger charge is 2.12. The van der Waals surface area contributed by atoms with Crippen LogP contribution in [0.1, 0.15) is 10.5 Å². The molecule has 2 aromatic carbocycles. The van der Waals surface area contributed by atoms with E-state index in [0.29, 0.717) is 33.4 Å². The van der Waals surface area contributed by atoms with Gasteiger partial charge in [0, 0.05) is 24.5 Å². The first-order valence-electron chi connectivity index (χ1n) is 7.56. The molecule has 7 heteroatoms. The molecular formula is C18H13ClN4O2. The molecule has 0 atom stereocenters. The molecule has 2 heterocycles. The number of benzene rings is 2. The quantitative estimate of drug-likeness (QED) is 0.601. The number of halogens is 1. The lowest BCUT2D eigenvalue weighted by Crippen LogP contribution is -2.15. The number of hydrogen-bond donors (Lipinski definition) is 1. The molecule has 0 aliphatic rings. The van der Waals surface area contributed by atoms with Gasteiger partial charge in [-0.25, -0.2) is 4.98 Å². The summed E-state index contributed by atoms with van der Waals surface area (Å²) in [7, 11) is 1.72. The topological polar surface area (TPSA) is 73.0 Å². The van der Waals surface area contributed by atoms with E-state index in [1.165, 1.54) is 4.68 Å². The van der Waals surface area contributed by atoms with Crippen molar-refractivity contribution in [2.45, 2.75) is 0 Å². The van der Waals surface area contributed by atoms with Gasteiger partial charge in [0.25, 0.3) is 5.91 Å². The van der Waals surface area contributed by atoms with Crippen LogP contribution < -0.4 is 5.32 Å². The first kappa shape index (κ1) is 15.4. The molecule has 1 amide bonds. The van der Waals surface area contributed by atoms with Crippen molar-refractivity contribution in [2.75, 3.05) is 5.32 Å². The number of aromatic nitrogens is 3. The molecule has 4 aromatic rings. The third-order valence-corrected chi connectivity index (χ3v) is 4.11. The molecule has 6 nitrogen and oxygen atoms in total. The molecular weight excluding hydrogens is 340 g/mol. The van der Waals surface area contributed by atoms with Crippen LogP contribution in [0.4, 0.5) is 5.69 Å². The van der Waals surface area contributed by atoms with Crippen molar-refractivity contribution in [3.63, 3.8) is 0 Å². The second-order valence-corrected chi connectivity index (χ2v) is 5.89. The smallest absolute Gasteiger partial charge is 0.273 e. The number of carbonyl (C=O) groups is 1. The molecule has 0 spiro atoms. The van der Waals surface area contributed by atoms with Crippen LogP contribution in [-0.2, 0) is 7.05 Å². The first-order chi connectivity index (χ1) is 12.1. The summed E-state index contributed by atoms with van der Waals surface area (Å²) in [6.45, 7) is 0. The van der Waals surface area contributed by atoms with Crippen molar-refractivity contribution in [3.05, 3.63) is 65.4 Å². The Hall–Kier alpha value is -3.12. The summed E-state index contributed by atoms with van der Waals surface area (Å²) in [6, 6.07) is 14.3. The molecule has 0 aliphatic carbocycles. The molecule has 1 N–H and O–H groups in total. The van der Waals surface area contributed by atoms with Gasteiger partial charge in [-0.3, -0.25) is 9.48 Å². The van der Waals surface area contributed by atoms with Crippen LogP contribution in [0.25, 0.3) is 22.6 Å². The Morgan fingerprint density at radius 2 is 1.96 bits per heavy atom. The number of carbonyl (C=O) groups excluding carboxylic acids is 1. The minimum Gasteiger partial charge on any atom is -0.435 e. The van der Waals surface area contributed by atoms with E-state index in [1.54, 1.807) is 37.5 Å². The molecule has 0 bridgehead atoms. The molecule has 124 valence electrons. The fourth-order valence-corrected chi connectivity index (χ4v) is 2.73. The second kappa shape index (κ2) is 6.07.